The van der Waals surface area contributed by atoms with E-state index in [0.717, 1.165) is 5.56 Å². The van der Waals surface area contributed by atoms with Crippen molar-refractivity contribution < 1.29 is 8.42 Å². The molecule has 0 fully saturated rings. The lowest BCUT2D eigenvalue weighted by molar-refractivity contribution is 0.443. The number of thiophene rings is 1. The van der Waals surface area contributed by atoms with Gasteiger partial charge in [-0.05, 0) is 10.9 Å². The van der Waals surface area contributed by atoms with Gasteiger partial charge in [-0.3, -0.25) is 0 Å². The fraction of sp³-hybridized carbons (Fsp3) is 0.429. The second-order valence-electron chi connectivity index (χ2n) is 2.69. The Bertz CT molecular complexity index is 393. The third-order valence-corrected chi connectivity index (χ3v) is 4.96. The maximum Gasteiger partial charge on any atom is 0.244 e. The Morgan fingerprint density at radius 2 is 2.33 bits per heavy atom. The minimum Gasteiger partial charge on any atom is -0.207 e. The van der Waals surface area contributed by atoms with Gasteiger partial charge in [-0.25, -0.2) is 8.42 Å². The molecule has 2 rings (SSSR count). The average Bonchev–Trinajstić information content (AvgIpc) is 2.53. The van der Waals surface area contributed by atoms with E-state index in [1.165, 1.54) is 15.6 Å². The summed E-state index contributed by atoms with van der Waals surface area (Å²) in [5, 5.41) is 3.61. The highest BCUT2D eigenvalue weighted by atomic mass is 32.2. The van der Waals surface area contributed by atoms with E-state index in [0.29, 0.717) is 18.0 Å². The highest BCUT2D eigenvalue weighted by Gasteiger charge is 2.33. The predicted octanol–water partition coefficient (Wildman–Crippen LogP) is 1.27. The van der Waals surface area contributed by atoms with Gasteiger partial charge in [0.25, 0.3) is 0 Å². The minimum atomic E-state index is -3.11. The first-order valence-electron chi connectivity index (χ1n) is 3.71. The number of hydrogen-bond donors (Lipinski definition) is 0. The average molecular weight is 203 g/mol. The first-order chi connectivity index (χ1) is 5.66. The fourth-order valence-electron chi connectivity index (χ4n) is 1.35. The largest absolute Gasteiger partial charge is 0.244 e. The van der Waals surface area contributed by atoms with E-state index in [2.05, 4.69) is 0 Å². The molecule has 1 aromatic rings. The minimum absolute atomic E-state index is 0.509. The highest BCUT2D eigenvalue weighted by molar-refractivity contribution is 7.89. The van der Waals surface area contributed by atoms with Crippen LogP contribution < -0.4 is 0 Å². The molecule has 0 saturated heterocycles. The summed E-state index contributed by atoms with van der Waals surface area (Å²) < 4.78 is 24.7. The number of fused-ring (bicyclic) bond motifs is 1. The van der Waals surface area contributed by atoms with E-state index in [9.17, 15) is 8.42 Å². The third-order valence-electron chi connectivity index (χ3n) is 2.02. The van der Waals surface area contributed by atoms with Crippen LogP contribution in [0.5, 0.6) is 0 Å². The van der Waals surface area contributed by atoms with E-state index >= 15 is 0 Å². The molecule has 0 radical (unpaired) electrons. The first kappa shape index (κ1) is 8.22. The molecule has 1 aliphatic rings. The lowest BCUT2D eigenvalue weighted by Crippen LogP contribution is -2.23. The lowest BCUT2D eigenvalue weighted by Gasteiger charge is -2.10. The van der Waals surface area contributed by atoms with Gasteiger partial charge >= 0.3 is 0 Å². The van der Waals surface area contributed by atoms with E-state index in [4.69, 9.17) is 0 Å². The van der Waals surface area contributed by atoms with Crippen molar-refractivity contribution in [1.29, 1.82) is 0 Å². The van der Waals surface area contributed by atoms with Crippen LogP contribution in [0.25, 0.3) is 0 Å². The summed E-state index contributed by atoms with van der Waals surface area (Å²) in [6.45, 7) is 2.96. The molecule has 0 aliphatic carbocycles. The van der Waals surface area contributed by atoms with Gasteiger partial charge in [-0.2, -0.15) is 15.6 Å². The van der Waals surface area contributed by atoms with Crippen LogP contribution in [0.2, 0.25) is 0 Å². The van der Waals surface area contributed by atoms with Crippen LogP contribution in [0.4, 0.5) is 0 Å². The number of sulfonamides is 1. The van der Waals surface area contributed by atoms with Crippen molar-refractivity contribution in [2.75, 3.05) is 6.54 Å². The second kappa shape index (κ2) is 2.55. The number of nitrogens with zero attached hydrogens (tertiary/aromatic N) is 1. The molecular formula is C7H9NO2S2. The molecule has 0 N–H and O–H groups in total. The van der Waals surface area contributed by atoms with Crippen molar-refractivity contribution >= 4 is 21.4 Å². The standard InChI is InChI=1S/C7H9NO2S2/c1-2-8-3-6-4-11-5-7(6)12(8,9)10/h4-5H,2-3H2,1H3. The fourth-order valence-corrected chi connectivity index (χ4v) is 4.17. The Hall–Kier alpha value is -0.390. The Labute approximate surface area is 75.7 Å². The third kappa shape index (κ3) is 0.935. The quantitative estimate of drug-likeness (QED) is 0.689. The molecule has 1 aliphatic heterocycles. The molecule has 12 heavy (non-hydrogen) atoms. The van der Waals surface area contributed by atoms with Crippen LogP contribution in [0.3, 0.4) is 0 Å². The van der Waals surface area contributed by atoms with Crippen molar-refractivity contribution in [2.24, 2.45) is 0 Å². The molecule has 1 aromatic heterocycles. The normalized spacial score (nSPS) is 21.1. The van der Waals surface area contributed by atoms with E-state index in [1.807, 2.05) is 12.3 Å². The smallest absolute Gasteiger partial charge is 0.207 e. The van der Waals surface area contributed by atoms with E-state index < -0.39 is 10.0 Å². The van der Waals surface area contributed by atoms with E-state index in [-0.39, 0.29) is 0 Å². The Balaban J connectivity index is 2.57. The maximum absolute atomic E-state index is 11.6. The van der Waals surface area contributed by atoms with Crippen LogP contribution >= 0.6 is 11.3 Å². The molecule has 66 valence electrons. The summed E-state index contributed by atoms with van der Waals surface area (Å²) in [5.74, 6) is 0. The Morgan fingerprint density at radius 1 is 1.58 bits per heavy atom. The van der Waals surface area contributed by atoms with Crippen molar-refractivity contribution in [2.45, 2.75) is 18.4 Å². The zero-order valence-corrected chi connectivity index (χ0v) is 8.28. The van der Waals surface area contributed by atoms with Gasteiger partial charge in [0.1, 0.15) is 0 Å². The molecule has 0 bridgehead atoms. The summed E-state index contributed by atoms with van der Waals surface area (Å²) >= 11 is 1.45. The van der Waals surface area contributed by atoms with Gasteiger partial charge in [0.05, 0.1) is 4.90 Å². The van der Waals surface area contributed by atoms with Gasteiger partial charge in [-0.15, -0.1) is 0 Å². The van der Waals surface area contributed by atoms with Crippen molar-refractivity contribution in [3.63, 3.8) is 0 Å². The maximum atomic E-state index is 11.6. The molecule has 0 aromatic carbocycles. The van der Waals surface area contributed by atoms with Crippen LogP contribution in [0.15, 0.2) is 15.7 Å². The monoisotopic (exact) mass is 203 g/mol. The Kier molecular flexibility index (Phi) is 1.75. The van der Waals surface area contributed by atoms with Gasteiger partial charge in [-0.1, -0.05) is 6.92 Å². The van der Waals surface area contributed by atoms with Gasteiger partial charge < -0.3 is 0 Å². The van der Waals surface area contributed by atoms with Gasteiger partial charge in [0.15, 0.2) is 0 Å². The SMILES string of the molecule is CCN1Cc2cscc2S1(=O)=O. The van der Waals surface area contributed by atoms with Gasteiger partial charge in [0.2, 0.25) is 10.0 Å². The van der Waals surface area contributed by atoms with Crippen LogP contribution in [-0.2, 0) is 16.6 Å². The molecule has 2 heterocycles. The first-order valence-corrected chi connectivity index (χ1v) is 6.09. The molecular weight excluding hydrogens is 194 g/mol. The zero-order valence-electron chi connectivity index (χ0n) is 6.65. The molecule has 3 nitrogen and oxygen atoms in total. The van der Waals surface area contributed by atoms with Crippen LogP contribution in [0.1, 0.15) is 12.5 Å². The molecule has 0 amide bonds. The summed E-state index contributed by atoms with van der Waals surface area (Å²) in [6, 6.07) is 0. The summed E-state index contributed by atoms with van der Waals surface area (Å²) in [5.41, 5.74) is 0.946. The number of hydrogen-bond acceptors (Lipinski definition) is 3. The second-order valence-corrected chi connectivity index (χ2v) is 5.34. The molecule has 0 saturated carbocycles. The molecule has 0 spiro atoms. The van der Waals surface area contributed by atoms with Crippen molar-refractivity contribution in [1.82, 2.24) is 4.31 Å². The zero-order chi connectivity index (χ0) is 8.77. The Morgan fingerprint density at radius 3 is 2.92 bits per heavy atom. The van der Waals surface area contributed by atoms with Crippen LogP contribution in [-0.4, -0.2) is 19.3 Å². The molecule has 0 atom stereocenters. The summed E-state index contributed by atoms with van der Waals surface area (Å²) in [6.07, 6.45) is 0. The van der Waals surface area contributed by atoms with Crippen molar-refractivity contribution in [3.05, 3.63) is 16.3 Å². The molecule has 5 heteroatoms. The van der Waals surface area contributed by atoms with Crippen molar-refractivity contribution in [3.8, 4) is 0 Å². The van der Waals surface area contributed by atoms with Crippen LogP contribution in [0, 0.1) is 0 Å². The lowest BCUT2D eigenvalue weighted by atomic mass is 10.3. The molecule has 0 unspecified atom stereocenters. The summed E-state index contributed by atoms with van der Waals surface area (Å²) in [7, 11) is -3.11. The highest BCUT2D eigenvalue weighted by Crippen LogP contribution is 2.32. The number of rotatable bonds is 1. The summed E-state index contributed by atoms with van der Waals surface area (Å²) in [4.78, 5) is 0.509. The topological polar surface area (TPSA) is 37.4 Å². The van der Waals surface area contributed by atoms with Gasteiger partial charge in [0, 0.05) is 18.5 Å². The van der Waals surface area contributed by atoms with E-state index in [1.54, 1.807) is 5.38 Å². The predicted molar refractivity (Wildman–Crippen MR) is 47.6 cm³/mol.